The largest absolute Gasteiger partial charge is 0.389 e. The lowest BCUT2D eigenvalue weighted by Gasteiger charge is -2.39. The molecule has 1 saturated heterocycles. The van der Waals surface area contributed by atoms with Gasteiger partial charge in [-0.25, -0.2) is 0 Å². The summed E-state index contributed by atoms with van der Waals surface area (Å²) in [6, 6.07) is 6.08. The number of anilines is 1. The number of β-amino-alcohol motifs (C(OH)–C–C–N with tert-alkyl or cyclic N) is 1. The van der Waals surface area contributed by atoms with E-state index in [-0.39, 0.29) is 6.10 Å². The van der Waals surface area contributed by atoms with Crippen molar-refractivity contribution in [3.05, 3.63) is 28.8 Å². The molecule has 0 aromatic heterocycles. The molecule has 4 nitrogen and oxygen atoms in total. The minimum atomic E-state index is -0.417. The maximum atomic E-state index is 10.5. The van der Waals surface area contributed by atoms with Crippen LogP contribution in [-0.2, 0) is 4.74 Å². The fourth-order valence-electron chi connectivity index (χ4n) is 5.08. The van der Waals surface area contributed by atoms with E-state index in [4.69, 9.17) is 16.3 Å². The summed E-state index contributed by atoms with van der Waals surface area (Å²) < 4.78 is 6.11. The van der Waals surface area contributed by atoms with Crippen LogP contribution in [0.1, 0.15) is 45.6 Å². The molecule has 5 heteroatoms. The topological polar surface area (TPSA) is 35.9 Å². The van der Waals surface area contributed by atoms with Crippen LogP contribution in [-0.4, -0.2) is 61.5 Å². The molecule has 3 atom stereocenters. The summed E-state index contributed by atoms with van der Waals surface area (Å²) in [4.78, 5) is 4.74. The highest BCUT2D eigenvalue weighted by molar-refractivity contribution is 6.30. The first kappa shape index (κ1) is 21.9. The van der Waals surface area contributed by atoms with E-state index >= 15 is 0 Å². The molecule has 1 aromatic rings. The van der Waals surface area contributed by atoms with Crippen molar-refractivity contribution in [1.29, 1.82) is 0 Å². The highest BCUT2D eigenvalue weighted by Gasteiger charge is 2.33. The molecule has 0 spiro atoms. The summed E-state index contributed by atoms with van der Waals surface area (Å²) in [5, 5.41) is 11.3. The number of hydrogen-bond donors (Lipinski definition) is 1. The Kier molecular flexibility index (Phi) is 7.30. The second-order valence-corrected chi connectivity index (χ2v) is 10.2. The highest BCUT2D eigenvalue weighted by Crippen LogP contribution is 2.39. The van der Waals surface area contributed by atoms with Gasteiger partial charge >= 0.3 is 0 Å². The first-order chi connectivity index (χ1) is 13.2. The second kappa shape index (κ2) is 9.34. The molecule has 0 radical (unpaired) electrons. The average molecular weight is 409 g/mol. The molecule has 3 rings (SSSR count). The van der Waals surface area contributed by atoms with Gasteiger partial charge in [-0.2, -0.15) is 0 Å². The predicted molar refractivity (Wildman–Crippen MR) is 117 cm³/mol. The van der Waals surface area contributed by atoms with Crippen molar-refractivity contribution in [1.82, 2.24) is 4.90 Å². The third kappa shape index (κ3) is 6.09. The molecule has 0 bridgehead atoms. The number of nitrogens with zero attached hydrogens (tertiary/aromatic N) is 2. The molecule has 1 aromatic carbocycles. The van der Waals surface area contributed by atoms with E-state index < -0.39 is 6.10 Å². The number of benzene rings is 1. The Hall–Kier alpha value is -0.810. The Bertz CT molecular complexity index is 643. The number of piperazine rings is 1. The number of ether oxygens (including phenoxy) is 1. The van der Waals surface area contributed by atoms with E-state index in [0.29, 0.717) is 24.5 Å². The lowest BCUT2D eigenvalue weighted by Crippen LogP contribution is -2.49. The van der Waals surface area contributed by atoms with Crippen LogP contribution in [0.3, 0.4) is 0 Å². The van der Waals surface area contributed by atoms with Crippen LogP contribution in [0.5, 0.6) is 0 Å². The van der Waals surface area contributed by atoms with Gasteiger partial charge in [-0.1, -0.05) is 38.4 Å². The summed E-state index contributed by atoms with van der Waals surface area (Å²) in [5.74, 6) is 0.703. The predicted octanol–water partition coefficient (Wildman–Crippen LogP) is 4.36. The van der Waals surface area contributed by atoms with Gasteiger partial charge in [-0.3, -0.25) is 4.90 Å². The number of aliphatic hydroxyl groups excluding tert-OH is 1. The van der Waals surface area contributed by atoms with Gasteiger partial charge in [0.15, 0.2) is 0 Å². The molecule has 1 aliphatic carbocycles. The van der Waals surface area contributed by atoms with E-state index in [1.54, 1.807) is 0 Å². The Morgan fingerprint density at radius 2 is 1.93 bits per heavy atom. The second-order valence-electron chi connectivity index (χ2n) is 9.74. The molecule has 1 heterocycles. The summed E-state index contributed by atoms with van der Waals surface area (Å²) in [6.07, 6.45) is 3.36. The molecule has 3 unspecified atom stereocenters. The third-order valence-electron chi connectivity index (χ3n) is 6.22. The quantitative estimate of drug-likeness (QED) is 0.758. The normalized spacial score (nSPS) is 27.0. The zero-order valence-corrected chi connectivity index (χ0v) is 18.7. The van der Waals surface area contributed by atoms with Gasteiger partial charge in [0.1, 0.15) is 0 Å². The van der Waals surface area contributed by atoms with E-state index in [9.17, 15) is 5.11 Å². The lowest BCUT2D eigenvalue weighted by molar-refractivity contribution is -0.0615. The molecule has 158 valence electrons. The molecule has 2 aliphatic rings. The van der Waals surface area contributed by atoms with Gasteiger partial charge < -0.3 is 14.7 Å². The van der Waals surface area contributed by atoms with Gasteiger partial charge in [0.05, 0.1) is 18.8 Å². The number of halogens is 1. The average Bonchev–Trinajstić information content (AvgIpc) is 2.61. The maximum Gasteiger partial charge on any atom is 0.0900 e. The van der Waals surface area contributed by atoms with Gasteiger partial charge in [0.25, 0.3) is 0 Å². The van der Waals surface area contributed by atoms with Gasteiger partial charge in [0, 0.05) is 43.4 Å². The summed E-state index contributed by atoms with van der Waals surface area (Å²) in [6.45, 7) is 14.1. The number of rotatable bonds is 6. The summed E-state index contributed by atoms with van der Waals surface area (Å²) in [7, 11) is 0. The zero-order chi connectivity index (χ0) is 20.3. The Morgan fingerprint density at radius 3 is 2.61 bits per heavy atom. The van der Waals surface area contributed by atoms with Crippen LogP contribution in [0.25, 0.3) is 0 Å². The van der Waals surface area contributed by atoms with Crippen LogP contribution >= 0.6 is 11.6 Å². The molecular weight excluding hydrogens is 372 g/mol. The molecule has 2 fully saturated rings. The molecule has 1 N–H and O–H groups in total. The van der Waals surface area contributed by atoms with Crippen LogP contribution in [0.4, 0.5) is 5.69 Å². The minimum Gasteiger partial charge on any atom is -0.389 e. The van der Waals surface area contributed by atoms with E-state index in [1.807, 2.05) is 6.07 Å². The summed E-state index contributed by atoms with van der Waals surface area (Å²) in [5.41, 5.74) is 2.84. The molecule has 28 heavy (non-hydrogen) atoms. The maximum absolute atomic E-state index is 10.5. The Labute approximate surface area is 175 Å². The first-order valence-corrected chi connectivity index (χ1v) is 11.1. The Balaban J connectivity index is 1.41. The van der Waals surface area contributed by atoms with Crippen molar-refractivity contribution in [3.63, 3.8) is 0 Å². The van der Waals surface area contributed by atoms with Crippen molar-refractivity contribution in [2.45, 2.75) is 59.2 Å². The first-order valence-electron chi connectivity index (χ1n) is 10.7. The molecule has 1 aliphatic heterocycles. The molecular formula is C23H37ClN2O2. The Morgan fingerprint density at radius 1 is 1.21 bits per heavy atom. The van der Waals surface area contributed by atoms with E-state index in [1.165, 1.54) is 17.7 Å². The molecule has 1 saturated carbocycles. The summed E-state index contributed by atoms with van der Waals surface area (Å²) >= 11 is 6.17. The number of hydrogen-bond acceptors (Lipinski definition) is 4. The van der Waals surface area contributed by atoms with Crippen LogP contribution in [0, 0.1) is 18.3 Å². The fourth-order valence-corrected chi connectivity index (χ4v) is 5.24. The minimum absolute atomic E-state index is 0.288. The lowest BCUT2D eigenvalue weighted by atomic mass is 9.71. The number of aliphatic hydroxyl groups is 1. The highest BCUT2D eigenvalue weighted by atomic mass is 35.5. The van der Waals surface area contributed by atoms with Gasteiger partial charge in [0.2, 0.25) is 0 Å². The van der Waals surface area contributed by atoms with Crippen molar-refractivity contribution in [2.75, 3.05) is 44.2 Å². The van der Waals surface area contributed by atoms with Gasteiger partial charge in [-0.05, 0) is 55.2 Å². The van der Waals surface area contributed by atoms with Crippen LogP contribution in [0.2, 0.25) is 5.02 Å². The van der Waals surface area contributed by atoms with Crippen LogP contribution in [0.15, 0.2) is 18.2 Å². The number of aryl methyl sites for hydroxylation is 1. The molecule has 0 amide bonds. The van der Waals surface area contributed by atoms with Crippen molar-refractivity contribution < 1.29 is 9.84 Å². The van der Waals surface area contributed by atoms with Crippen molar-refractivity contribution in [3.8, 4) is 0 Å². The monoisotopic (exact) mass is 408 g/mol. The van der Waals surface area contributed by atoms with Crippen molar-refractivity contribution >= 4 is 17.3 Å². The van der Waals surface area contributed by atoms with Crippen molar-refractivity contribution in [2.24, 2.45) is 11.3 Å². The van der Waals surface area contributed by atoms with E-state index in [0.717, 1.165) is 44.0 Å². The fraction of sp³-hybridized carbons (Fsp3) is 0.739. The van der Waals surface area contributed by atoms with Crippen LogP contribution < -0.4 is 4.90 Å². The standard InChI is InChI=1S/C23H37ClN2O2/c1-17-11-21(14-23(3,4)13-17)28-16-20(27)15-25-7-9-26(10-8-25)22-12-19(24)6-5-18(22)2/h5-6,12,17,20-21,27H,7-11,13-16H2,1-4H3. The van der Waals surface area contributed by atoms with E-state index in [2.05, 4.69) is 49.6 Å². The third-order valence-corrected chi connectivity index (χ3v) is 6.46. The van der Waals surface area contributed by atoms with Gasteiger partial charge in [-0.15, -0.1) is 0 Å². The smallest absolute Gasteiger partial charge is 0.0900 e. The SMILES string of the molecule is Cc1ccc(Cl)cc1N1CCN(CC(O)COC2CC(C)CC(C)(C)C2)CC1. The zero-order valence-electron chi connectivity index (χ0n) is 18.0.